The van der Waals surface area contributed by atoms with Gasteiger partial charge in [-0.05, 0) is 37.6 Å². The highest BCUT2D eigenvalue weighted by molar-refractivity contribution is 9.09. The van der Waals surface area contributed by atoms with Gasteiger partial charge < -0.3 is 5.32 Å². The SMILES string of the molecule is Fc1ccc(Cl)cc1CNCCCCBr. The summed E-state index contributed by atoms with van der Waals surface area (Å²) in [6.45, 7) is 1.44. The summed E-state index contributed by atoms with van der Waals surface area (Å²) in [5.74, 6) is -0.201. The van der Waals surface area contributed by atoms with E-state index < -0.39 is 0 Å². The maximum Gasteiger partial charge on any atom is 0.127 e. The Bertz CT molecular complexity index is 307. The van der Waals surface area contributed by atoms with Crippen LogP contribution in [-0.4, -0.2) is 11.9 Å². The zero-order chi connectivity index (χ0) is 11.1. The van der Waals surface area contributed by atoms with Crippen LogP contribution in [0, 0.1) is 5.82 Å². The molecule has 1 N–H and O–H groups in total. The van der Waals surface area contributed by atoms with Gasteiger partial charge in [-0.15, -0.1) is 0 Å². The molecule has 0 amide bonds. The summed E-state index contributed by atoms with van der Waals surface area (Å²) in [6, 6.07) is 4.62. The molecule has 0 atom stereocenters. The second-order valence-corrected chi connectivity index (χ2v) is 4.54. The molecule has 1 aromatic rings. The number of rotatable bonds is 6. The molecule has 1 rings (SSSR count). The van der Waals surface area contributed by atoms with Crippen molar-refractivity contribution in [2.75, 3.05) is 11.9 Å². The molecule has 0 radical (unpaired) electrons. The van der Waals surface area contributed by atoms with Gasteiger partial charge in [0, 0.05) is 22.5 Å². The summed E-state index contributed by atoms with van der Waals surface area (Å²) in [5, 5.41) is 4.78. The van der Waals surface area contributed by atoms with Crippen LogP contribution < -0.4 is 5.32 Å². The predicted octanol–water partition coefficient (Wildman–Crippen LogP) is 3.74. The Hall–Kier alpha value is -0.120. The normalized spacial score (nSPS) is 10.6. The molecule has 15 heavy (non-hydrogen) atoms. The van der Waals surface area contributed by atoms with Crippen LogP contribution in [0.5, 0.6) is 0 Å². The van der Waals surface area contributed by atoms with E-state index >= 15 is 0 Å². The molecule has 0 bridgehead atoms. The zero-order valence-corrected chi connectivity index (χ0v) is 10.7. The first-order valence-electron chi connectivity index (χ1n) is 4.94. The van der Waals surface area contributed by atoms with Crippen molar-refractivity contribution in [2.24, 2.45) is 0 Å². The molecule has 0 saturated carbocycles. The van der Waals surface area contributed by atoms with Crippen LogP contribution in [0.3, 0.4) is 0 Å². The van der Waals surface area contributed by atoms with Gasteiger partial charge in [0.25, 0.3) is 0 Å². The molecule has 0 heterocycles. The summed E-state index contributed by atoms with van der Waals surface area (Å²) in [5.41, 5.74) is 0.626. The topological polar surface area (TPSA) is 12.0 Å². The van der Waals surface area contributed by atoms with Crippen molar-refractivity contribution in [3.8, 4) is 0 Å². The van der Waals surface area contributed by atoms with Gasteiger partial charge in [0.2, 0.25) is 0 Å². The van der Waals surface area contributed by atoms with Crippen molar-refractivity contribution in [2.45, 2.75) is 19.4 Å². The number of benzene rings is 1. The molecule has 0 aromatic heterocycles. The van der Waals surface area contributed by atoms with Crippen molar-refractivity contribution in [1.29, 1.82) is 0 Å². The van der Waals surface area contributed by atoms with Crippen LogP contribution in [0.25, 0.3) is 0 Å². The van der Waals surface area contributed by atoms with Crippen LogP contribution in [0.4, 0.5) is 4.39 Å². The second kappa shape index (κ2) is 7.20. The van der Waals surface area contributed by atoms with Gasteiger partial charge in [-0.2, -0.15) is 0 Å². The average molecular weight is 295 g/mol. The minimum Gasteiger partial charge on any atom is -0.313 e. The Morgan fingerprint density at radius 2 is 2.13 bits per heavy atom. The Balaban J connectivity index is 2.33. The summed E-state index contributed by atoms with van der Waals surface area (Å²) < 4.78 is 13.2. The third-order valence-corrected chi connectivity index (χ3v) is 2.86. The number of nitrogens with one attached hydrogen (secondary N) is 1. The van der Waals surface area contributed by atoms with E-state index in [-0.39, 0.29) is 5.82 Å². The Morgan fingerprint density at radius 3 is 2.87 bits per heavy atom. The molecule has 0 spiro atoms. The molecule has 0 unspecified atom stereocenters. The first kappa shape index (κ1) is 12.9. The van der Waals surface area contributed by atoms with Gasteiger partial charge in [-0.3, -0.25) is 0 Å². The summed E-state index contributed by atoms with van der Waals surface area (Å²) in [4.78, 5) is 0. The minimum absolute atomic E-state index is 0.201. The number of alkyl halides is 1. The lowest BCUT2D eigenvalue weighted by atomic mass is 10.2. The summed E-state index contributed by atoms with van der Waals surface area (Å²) in [7, 11) is 0. The fraction of sp³-hybridized carbons (Fsp3) is 0.455. The van der Waals surface area contributed by atoms with Crippen molar-refractivity contribution < 1.29 is 4.39 Å². The third-order valence-electron chi connectivity index (χ3n) is 2.06. The number of hydrogen-bond donors (Lipinski definition) is 1. The van der Waals surface area contributed by atoms with E-state index in [4.69, 9.17) is 11.6 Å². The highest BCUT2D eigenvalue weighted by atomic mass is 79.9. The smallest absolute Gasteiger partial charge is 0.127 e. The molecule has 0 aliphatic rings. The number of halogens is 3. The Kier molecular flexibility index (Phi) is 6.22. The molecule has 1 aromatic carbocycles. The van der Waals surface area contributed by atoms with E-state index in [0.717, 1.165) is 24.7 Å². The van der Waals surface area contributed by atoms with Gasteiger partial charge in [0.05, 0.1) is 0 Å². The van der Waals surface area contributed by atoms with Crippen LogP contribution in [0.2, 0.25) is 5.02 Å². The molecule has 0 aliphatic heterocycles. The van der Waals surface area contributed by atoms with Crippen molar-refractivity contribution in [3.05, 3.63) is 34.6 Å². The van der Waals surface area contributed by atoms with E-state index in [1.165, 1.54) is 6.07 Å². The standard InChI is InChI=1S/C11H14BrClFN/c12-5-1-2-6-15-8-9-7-10(13)3-4-11(9)14/h3-4,7,15H,1-2,5-6,8H2. The van der Waals surface area contributed by atoms with E-state index in [1.54, 1.807) is 12.1 Å². The fourth-order valence-corrected chi connectivity index (χ4v) is 1.84. The predicted molar refractivity (Wildman–Crippen MR) is 66.1 cm³/mol. The monoisotopic (exact) mass is 293 g/mol. The van der Waals surface area contributed by atoms with Crippen LogP contribution in [0.1, 0.15) is 18.4 Å². The van der Waals surface area contributed by atoms with E-state index in [2.05, 4.69) is 21.2 Å². The van der Waals surface area contributed by atoms with E-state index in [0.29, 0.717) is 17.1 Å². The summed E-state index contributed by atoms with van der Waals surface area (Å²) >= 11 is 9.14. The molecular weight excluding hydrogens is 280 g/mol. The lowest BCUT2D eigenvalue weighted by molar-refractivity contribution is 0.581. The largest absolute Gasteiger partial charge is 0.313 e. The first-order chi connectivity index (χ1) is 7.24. The summed E-state index contributed by atoms with van der Waals surface area (Å²) in [6.07, 6.45) is 2.22. The number of unbranched alkanes of at least 4 members (excludes halogenated alkanes) is 1. The molecule has 84 valence electrons. The lowest BCUT2D eigenvalue weighted by Gasteiger charge is -2.05. The van der Waals surface area contributed by atoms with Crippen molar-refractivity contribution >= 4 is 27.5 Å². The maximum absolute atomic E-state index is 13.2. The third kappa shape index (κ3) is 4.96. The molecule has 0 aliphatic carbocycles. The van der Waals surface area contributed by atoms with Gasteiger partial charge in [-0.25, -0.2) is 4.39 Å². The van der Waals surface area contributed by atoms with E-state index in [1.807, 2.05) is 0 Å². The van der Waals surface area contributed by atoms with Crippen molar-refractivity contribution in [3.63, 3.8) is 0 Å². The molecule has 1 nitrogen and oxygen atoms in total. The van der Waals surface area contributed by atoms with Gasteiger partial charge in [-0.1, -0.05) is 27.5 Å². The lowest BCUT2D eigenvalue weighted by Crippen LogP contribution is -2.15. The van der Waals surface area contributed by atoms with Crippen LogP contribution in [-0.2, 0) is 6.54 Å². The second-order valence-electron chi connectivity index (χ2n) is 3.31. The molecule has 0 fully saturated rings. The Morgan fingerprint density at radius 1 is 1.33 bits per heavy atom. The van der Waals surface area contributed by atoms with E-state index in [9.17, 15) is 4.39 Å². The van der Waals surface area contributed by atoms with Gasteiger partial charge in [0.15, 0.2) is 0 Å². The minimum atomic E-state index is -0.201. The number of hydrogen-bond acceptors (Lipinski definition) is 1. The first-order valence-corrected chi connectivity index (χ1v) is 6.44. The zero-order valence-electron chi connectivity index (χ0n) is 8.40. The van der Waals surface area contributed by atoms with Crippen molar-refractivity contribution in [1.82, 2.24) is 5.32 Å². The maximum atomic E-state index is 13.2. The van der Waals surface area contributed by atoms with Crippen LogP contribution >= 0.6 is 27.5 Å². The molecular formula is C11H14BrClFN. The average Bonchev–Trinajstić information content (AvgIpc) is 2.23. The fourth-order valence-electron chi connectivity index (χ4n) is 1.25. The van der Waals surface area contributed by atoms with Crippen LogP contribution in [0.15, 0.2) is 18.2 Å². The highest BCUT2D eigenvalue weighted by Gasteiger charge is 2.01. The van der Waals surface area contributed by atoms with Gasteiger partial charge in [0.1, 0.15) is 5.82 Å². The van der Waals surface area contributed by atoms with Gasteiger partial charge >= 0.3 is 0 Å². The highest BCUT2D eigenvalue weighted by Crippen LogP contribution is 2.14. The Labute approximate surface area is 103 Å². The quantitative estimate of drug-likeness (QED) is 0.622. The molecule has 0 saturated heterocycles. The molecule has 4 heteroatoms.